The van der Waals surface area contributed by atoms with Crippen LogP contribution >= 0.6 is 0 Å². The predicted molar refractivity (Wildman–Crippen MR) is 196 cm³/mol. The highest BCUT2D eigenvalue weighted by atomic mass is 19.5. The third kappa shape index (κ3) is 28.0. The number of halogens is 8. The second-order valence-corrected chi connectivity index (χ2v) is 11.5. The van der Waals surface area contributed by atoms with Crippen molar-refractivity contribution in [2.75, 3.05) is 19.8 Å². The average molecular weight is 758 g/mol. The number of ether oxygens (including phenoxy) is 2. The first-order chi connectivity index (χ1) is 24.9. The molecular weight excluding hydrogens is 706 g/mol. The van der Waals surface area contributed by atoms with Crippen LogP contribution in [0.15, 0.2) is 110 Å². The van der Waals surface area contributed by atoms with E-state index in [2.05, 4.69) is 140 Å². The van der Waals surface area contributed by atoms with Crippen molar-refractivity contribution in [2.45, 2.75) is 73.4 Å². The Morgan fingerprint density at radius 2 is 1.06 bits per heavy atom. The molecule has 294 valence electrons. The Bertz CT molecular complexity index is 1460. The van der Waals surface area contributed by atoms with Crippen LogP contribution in [0.1, 0.15) is 71.4 Å². The summed E-state index contributed by atoms with van der Waals surface area (Å²) in [4.78, 5) is 11.1. The quantitative estimate of drug-likeness (QED) is 0.0475. The summed E-state index contributed by atoms with van der Waals surface area (Å²) in [5, 5.41) is 0. The number of hydrogen-bond donors (Lipinski definition) is 0. The molecule has 15 heteroatoms. The van der Waals surface area contributed by atoms with Crippen LogP contribution in [0.3, 0.4) is 0 Å². The molecule has 0 amide bonds. The maximum Gasteiger partial charge on any atom is 0.673 e. The highest BCUT2D eigenvalue weighted by Gasteiger charge is 2.21. The van der Waals surface area contributed by atoms with Crippen LogP contribution < -0.4 is 9.13 Å². The van der Waals surface area contributed by atoms with E-state index in [1.54, 1.807) is 0 Å². The van der Waals surface area contributed by atoms with E-state index in [-0.39, 0.29) is 11.9 Å². The van der Waals surface area contributed by atoms with Crippen LogP contribution in [0.25, 0.3) is 11.1 Å². The molecule has 2 aromatic carbocycles. The molecule has 0 N–H and O–H groups in total. The summed E-state index contributed by atoms with van der Waals surface area (Å²) < 4.78 is 92.3. The number of esters is 1. The third-order valence-electron chi connectivity index (χ3n) is 7.36. The maximum absolute atomic E-state index is 11.1. The van der Waals surface area contributed by atoms with Crippen molar-refractivity contribution < 1.29 is 57.9 Å². The largest absolute Gasteiger partial charge is 0.673 e. The zero-order valence-corrected chi connectivity index (χ0v) is 31.3. The van der Waals surface area contributed by atoms with Gasteiger partial charge in [0.25, 0.3) is 0 Å². The molecule has 0 aliphatic rings. The minimum absolute atomic E-state index is 0.00614. The lowest BCUT2D eigenvalue weighted by molar-refractivity contribution is -0.693. The molecule has 0 bridgehead atoms. The first kappa shape index (κ1) is 48.7. The van der Waals surface area contributed by atoms with Gasteiger partial charge in [0.2, 0.25) is 0 Å². The molecule has 2 heterocycles. The first-order valence-electron chi connectivity index (χ1n) is 17.5. The summed E-state index contributed by atoms with van der Waals surface area (Å²) in [6.45, 7) is 15.8. The van der Waals surface area contributed by atoms with Gasteiger partial charge in [-0.1, -0.05) is 88.4 Å². The van der Waals surface area contributed by atoms with E-state index in [0.29, 0.717) is 25.7 Å². The summed E-state index contributed by atoms with van der Waals surface area (Å²) in [7, 11) is -12.0. The van der Waals surface area contributed by atoms with Gasteiger partial charge in [0.15, 0.2) is 31.3 Å². The highest BCUT2D eigenvalue weighted by Crippen LogP contribution is 2.17. The second kappa shape index (κ2) is 27.4. The smallest absolute Gasteiger partial charge is 0.463 e. The van der Waals surface area contributed by atoms with Gasteiger partial charge in [-0.05, 0) is 49.3 Å². The van der Waals surface area contributed by atoms with Gasteiger partial charge < -0.3 is 44.0 Å². The second-order valence-electron chi connectivity index (χ2n) is 11.5. The SMILES string of the molecule is CCC(C)c1ccccc1.CCOCCOC(=O)C(C)CC.CC[n+]1ccc(-c2cc[n+](Cc3ccccc3)cc2)cc1.F[B-](F)(F)F.F[B-](F)(F)F. The Labute approximate surface area is 309 Å². The summed E-state index contributed by atoms with van der Waals surface area (Å²) in [6, 6.07) is 29.8. The van der Waals surface area contributed by atoms with Crippen molar-refractivity contribution in [3.8, 4) is 11.1 Å². The molecule has 4 aromatic rings. The minimum atomic E-state index is -6.00. The number of rotatable bonds is 12. The normalized spacial score (nSPS) is 11.7. The fraction of sp³-hybridized carbons (Fsp3) is 0.395. The van der Waals surface area contributed by atoms with Crippen LogP contribution in [0.5, 0.6) is 0 Å². The monoisotopic (exact) mass is 758 g/mol. The molecule has 4 rings (SSSR count). The number of pyridine rings is 2. The van der Waals surface area contributed by atoms with E-state index in [4.69, 9.17) is 9.47 Å². The van der Waals surface area contributed by atoms with Gasteiger partial charge in [0.05, 0.1) is 12.5 Å². The zero-order valence-electron chi connectivity index (χ0n) is 31.3. The summed E-state index contributed by atoms with van der Waals surface area (Å²) in [5.41, 5.74) is 5.28. The molecular formula is C38H52B2F8N2O3. The molecule has 0 aliphatic heterocycles. The number of carbonyl (C=O) groups is 1. The molecule has 0 saturated heterocycles. The van der Waals surface area contributed by atoms with Gasteiger partial charge in [0.1, 0.15) is 13.2 Å². The fourth-order valence-corrected chi connectivity index (χ4v) is 4.08. The maximum atomic E-state index is 11.1. The summed E-state index contributed by atoms with van der Waals surface area (Å²) in [5.74, 6) is 0.588. The van der Waals surface area contributed by atoms with E-state index < -0.39 is 14.5 Å². The van der Waals surface area contributed by atoms with Crippen molar-refractivity contribution in [2.24, 2.45) is 5.92 Å². The standard InChI is InChI=1S/C19H20N2.C10H14.C9H18O3.2BF4/c1-2-20-12-8-18(9-13-20)19-10-14-21(15-11-19)16-17-6-4-3-5-7-17;1-3-9(2)10-7-5-4-6-8-10;1-4-8(3)9(10)12-7-6-11-5-2;2*2-1(3,4)5/h3-15H,2,16H2,1H3;4-9H,3H2,1-2H3;8H,4-7H2,1-3H3;;/q+2;;;2*-1. The lowest BCUT2D eigenvalue weighted by Crippen LogP contribution is -2.33. The Kier molecular flexibility index (Phi) is 25.2. The Balaban J connectivity index is 0.000000721. The molecule has 2 atom stereocenters. The van der Waals surface area contributed by atoms with Crippen molar-refractivity contribution in [1.29, 1.82) is 0 Å². The number of benzene rings is 2. The lowest BCUT2D eigenvalue weighted by Gasteiger charge is -2.08. The lowest BCUT2D eigenvalue weighted by atomic mass is 9.99. The number of aromatic nitrogens is 2. The van der Waals surface area contributed by atoms with Gasteiger partial charge in [-0.3, -0.25) is 4.79 Å². The number of nitrogens with zero attached hydrogens (tertiary/aromatic N) is 2. The molecule has 0 fully saturated rings. The van der Waals surface area contributed by atoms with E-state index in [1.807, 2.05) is 20.8 Å². The first-order valence-corrected chi connectivity index (χ1v) is 17.5. The Morgan fingerprint density at radius 1 is 0.623 bits per heavy atom. The van der Waals surface area contributed by atoms with Crippen molar-refractivity contribution in [3.05, 3.63) is 121 Å². The molecule has 0 spiro atoms. The Morgan fingerprint density at radius 3 is 1.45 bits per heavy atom. The zero-order chi connectivity index (χ0) is 40.3. The summed E-state index contributed by atoms with van der Waals surface area (Å²) in [6.07, 6.45) is 10.6. The molecule has 0 radical (unpaired) electrons. The fourth-order valence-electron chi connectivity index (χ4n) is 4.08. The van der Waals surface area contributed by atoms with Crippen molar-refractivity contribution in [3.63, 3.8) is 0 Å². The molecule has 5 nitrogen and oxygen atoms in total. The molecule has 2 aromatic heterocycles. The minimum Gasteiger partial charge on any atom is -0.463 e. The van der Waals surface area contributed by atoms with E-state index in [1.165, 1.54) is 28.7 Å². The molecule has 53 heavy (non-hydrogen) atoms. The van der Waals surface area contributed by atoms with Crippen LogP contribution in [-0.2, 0) is 27.4 Å². The number of aryl methyl sites for hydroxylation is 1. The van der Waals surface area contributed by atoms with Gasteiger partial charge in [-0.2, -0.15) is 0 Å². The summed E-state index contributed by atoms with van der Waals surface area (Å²) >= 11 is 0. The topological polar surface area (TPSA) is 43.3 Å². The van der Waals surface area contributed by atoms with Crippen molar-refractivity contribution >= 4 is 20.5 Å². The average Bonchev–Trinajstić information content (AvgIpc) is 3.13. The van der Waals surface area contributed by atoms with Crippen molar-refractivity contribution in [1.82, 2.24) is 0 Å². The van der Waals surface area contributed by atoms with Gasteiger partial charge in [-0.15, -0.1) is 0 Å². The van der Waals surface area contributed by atoms with E-state index in [0.717, 1.165) is 19.5 Å². The predicted octanol–water partition coefficient (Wildman–Crippen LogP) is 10.4. The van der Waals surface area contributed by atoms with Crippen LogP contribution in [-0.4, -0.2) is 40.3 Å². The molecule has 2 unspecified atom stereocenters. The Hall–Kier alpha value is -4.26. The van der Waals surface area contributed by atoms with Crippen LogP contribution in [0.4, 0.5) is 34.5 Å². The van der Waals surface area contributed by atoms with Crippen LogP contribution in [0.2, 0.25) is 0 Å². The van der Waals surface area contributed by atoms with Gasteiger partial charge in [0, 0.05) is 36.4 Å². The van der Waals surface area contributed by atoms with E-state index in [9.17, 15) is 39.3 Å². The van der Waals surface area contributed by atoms with Crippen LogP contribution in [0, 0.1) is 5.92 Å². The van der Waals surface area contributed by atoms with Gasteiger partial charge in [-0.25, -0.2) is 9.13 Å². The third-order valence-corrected chi connectivity index (χ3v) is 7.36. The number of carbonyl (C=O) groups excluding carboxylic acids is 1. The van der Waals surface area contributed by atoms with Gasteiger partial charge >= 0.3 is 20.5 Å². The molecule has 0 saturated carbocycles. The molecule has 0 aliphatic carbocycles. The number of hydrogen-bond acceptors (Lipinski definition) is 3. The highest BCUT2D eigenvalue weighted by molar-refractivity contribution is 6.50. The van der Waals surface area contributed by atoms with E-state index >= 15 is 0 Å².